The molecular formula is C3H7NaO6S. The van der Waals surface area contributed by atoms with Gasteiger partial charge < -0.3 is 4.74 Å². The minimum absolute atomic E-state index is 0. The summed E-state index contributed by atoms with van der Waals surface area (Å²) < 4.78 is 34.7. The Bertz CT molecular complexity index is 208. The van der Waals surface area contributed by atoms with E-state index in [0.717, 1.165) is 0 Å². The van der Waals surface area contributed by atoms with Crippen molar-refractivity contribution < 1.29 is 26.7 Å². The maximum atomic E-state index is 10.1. The van der Waals surface area contributed by atoms with Gasteiger partial charge in [0.05, 0.1) is 6.61 Å². The number of carbonyl (C=O) groups is 1. The van der Waals surface area contributed by atoms with Crippen molar-refractivity contribution in [2.75, 3.05) is 6.61 Å². The molecule has 11 heavy (non-hydrogen) atoms. The van der Waals surface area contributed by atoms with E-state index in [9.17, 15) is 13.2 Å². The Morgan fingerprint density at radius 2 is 2.00 bits per heavy atom. The van der Waals surface area contributed by atoms with Gasteiger partial charge in [-0.3, -0.25) is 8.74 Å². The van der Waals surface area contributed by atoms with Crippen LogP contribution in [0.3, 0.4) is 0 Å². The van der Waals surface area contributed by atoms with Crippen LogP contribution < -0.4 is 0 Å². The molecule has 0 amide bonds. The van der Waals surface area contributed by atoms with E-state index in [0.29, 0.717) is 0 Å². The van der Waals surface area contributed by atoms with Crippen LogP contribution in [0.1, 0.15) is 6.92 Å². The summed E-state index contributed by atoms with van der Waals surface area (Å²) in [7, 11) is -4.72. The van der Waals surface area contributed by atoms with E-state index in [1.807, 2.05) is 0 Å². The van der Waals surface area contributed by atoms with E-state index in [1.165, 1.54) is 6.92 Å². The molecule has 0 saturated carbocycles. The molecule has 1 N–H and O–H groups in total. The summed E-state index contributed by atoms with van der Waals surface area (Å²) in [6, 6.07) is 0. The average Bonchev–Trinajstić information content (AvgIpc) is 1.59. The molecule has 0 fully saturated rings. The molecule has 0 aromatic rings. The first-order valence-electron chi connectivity index (χ1n) is 2.29. The Balaban J connectivity index is 0. The quantitative estimate of drug-likeness (QED) is 0.355. The van der Waals surface area contributed by atoms with E-state index in [1.54, 1.807) is 0 Å². The minimum atomic E-state index is -4.72. The normalized spacial score (nSPS) is 9.64. The summed E-state index contributed by atoms with van der Waals surface area (Å²) in [6.07, 6.45) is -1.44. The summed E-state index contributed by atoms with van der Waals surface area (Å²) in [5.74, 6) is 0. The van der Waals surface area contributed by atoms with Crippen LogP contribution in [0.4, 0.5) is 4.79 Å². The summed E-state index contributed by atoms with van der Waals surface area (Å²) in [5.41, 5.74) is 0. The van der Waals surface area contributed by atoms with Gasteiger partial charge in [0.25, 0.3) is 0 Å². The zero-order valence-electron chi connectivity index (χ0n) is 5.10. The van der Waals surface area contributed by atoms with Gasteiger partial charge in [0, 0.05) is 0 Å². The van der Waals surface area contributed by atoms with Crippen molar-refractivity contribution >= 4 is 46.1 Å². The predicted octanol–water partition coefficient (Wildman–Crippen LogP) is -0.686. The molecule has 8 heteroatoms. The molecule has 0 saturated heterocycles. The van der Waals surface area contributed by atoms with Gasteiger partial charge in [-0.05, 0) is 6.92 Å². The number of carbonyl (C=O) groups excluding carboxylic acids is 1. The first-order valence-corrected chi connectivity index (χ1v) is 3.66. The van der Waals surface area contributed by atoms with Crippen molar-refractivity contribution in [3.8, 4) is 0 Å². The predicted molar refractivity (Wildman–Crippen MR) is 36.8 cm³/mol. The second-order valence-corrected chi connectivity index (χ2v) is 2.22. The molecular weight excluding hydrogens is 187 g/mol. The molecule has 0 atom stereocenters. The molecule has 0 rings (SSSR count). The molecule has 0 aromatic heterocycles. The molecule has 0 radical (unpaired) electrons. The van der Waals surface area contributed by atoms with Crippen molar-refractivity contribution in [2.24, 2.45) is 0 Å². The molecule has 0 spiro atoms. The van der Waals surface area contributed by atoms with E-state index in [-0.39, 0.29) is 36.2 Å². The fourth-order valence-corrected chi connectivity index (χ4v) is 0.448. The molecule has 0 heterocycles. The molecule has 0 aliphatic rings. The van der Waals surface area contributed by atoms with E-state index >= 15 is 0 Å². The van der Waals surface area contributed by atoms with Crippen LogP contribution in [0.25, 0.3) is 0 Å². The molecule has 0 aliphatic heterocycles. The van der Waals surface area contributed by atoms with E-state index < -0.39 is 16.6 Å². The Labute approximate surface area is 86.1 Å². The third-order valence-corrected chi connectivity index (χ3v) is 0.782. The number of rotatable bonds is 2. The Morgan fingerprint density at radius 3 is 2.27 bits per heavy atom. The van der Waals surface area contributed by atoms with Crippen molar-refractivity contribution in [2.45, 2.75) is 6.92 Å². The third kappa shape index (κ3) is 10.2. The fraction of sp³-hybridized carbons (Fsp3) is 0.667. The van der Waals surface area contributed by atoms with Gasteiger partial charge in [-0.2, -0.15) is 8.42 Å². The van der Waals surface area contributed by atoms with E-state index in [2.05, 4.69) is 8.92 Å². The van der Waals surface area contributed by atoms with Crippen LogP contribution in [0, 0.1) is 0 Å². The summed E-state index contributed by atoms with van der Waals surface area (Å²) in [5, 5.41) is 0. The van der Waals surface area contributed by atoms with Crippen molar-refractivity contribution in [1.29, 1.82) is 0 Å². The maximum absolute atomic E-state index is 10.1. The molecule has 62 valence electrons. The van der Waals surface area contributed by atoms with Crippen molar-refractivity contribution in [3.05, 3.63) is 0 Å². The van der Waals surface area contributed by atoms with Crippen LogP contribution >= 0.6 is 0 Å². The SMILES string of the molecule is CCOC(=O)OS(=O)(=O)O.[NaH]. The third-order valence-electron chi connectivity index (χ3n) is 0.436. The Hall–Kier alpha value is 0.180. The van der Waals surface area contributed by atoms with Crippen LogP contribution in [0.15, 0.2) is 0 Å². The molecule has 0 aromatic carbocycles. The van der Waals surface area contributed by atoms with Gasteiger partial charge in [0.15, 0.2) is 0 Å². The fourth-order valence-electron chi connectivity index (χ4n) is 0.228. The van der Waals surface area contributed by atoms with E-state index in [4.69, 9.17) is 4.55 Å². The van der Waals surface area contributed by atoms with Crippen molar-refractivity contribution in [1.82, 2.24) is 0 Å². The van der Waals surface area contributed by atoms with Gasteiger partial charge in [0.1, 0.15) is 0 Å². The standard InChI is InChI=1S/C3H6O6S.Na.H/c1-2-8-3(4)9-10(5,6)7;;/h2H2,1H3,(H,5,6,7);;. The van der Waals surface area contributed by atoms with Crippen LogP contribution in [-0.4, -0.2) is 55.3 Å². The molecule has 0 aliphatic carbocycles. The zero-order valence-corrected chi connectivity index (χ0v) is 5.92. The summed E-state index contributed by atoms with van der Waals surface area (Å²) in [4.78, 5) is 10.1. The topological polar surface area (TPSA) is 89.9 Å². The Kier molecular flexibility index (Phi) is 7.23. The second-order valence-electron chi connectivity index (χ2n) is 1.19. The van der Waals surface area contributed by atoms with Crippen LogP contribution in [0.5, 0.6) is 0 Å². The van der Waals surface area contributed by atoms with Crippen LogP contribution in [-0.2, 0) is 19.3 Å². The van der Waals surface area contributed by atoms with Gasteiger partial charge in [-0.25, -0.2) is 4.79 Å². The van der Waals surface area contributed by atoms with Gasteiger partial charge >= 0.3 is 46.1 Å². The van der Waals surface area contributed by atoms with Gasteiger partial charge in [-0.15, -0.1) is 0 Å². The van der Waals surface area contributed by atoms with Crippen molar-refractivity contribution in [3.63, 3.8) is 0 Å². The zero-order chi connectivity index (χ0) is 8.20. The summed E-state index contributed by atoms with van der Waals surface area (Å²) >= 11 is 0. The monoisotopic (exact) mass is 194 g/mol. The number of ether oxygens (including phenoxy) is 1. The number of hydrogen-bond acceptors (Lipinski definition) is 5. The molecule has 0 bridgehead atoms. The second kappa shape index (κ2) is 5.78. The number of hydrogen-bond donors (Lipinski definition) is 1. The van der Waals surface area contributed by atoms with Gasteiger partial charge in [-0.1, -0.05) is 0 Å². The Morgan fingerprint density at radius 1 is 1.55 bits per heavy atom. The van der Waals surface area contributed by atoms with Crippen LogP contribution in [0.2, 0.25) is 0 Å². The molecule has 0 unspecified atom stereocenters. The van der Waals surface area contributed by atoms with Gasteiger partial charge in [0.2, 0.25) is 0 Å². The first-order chi connectivity index (χ1) is 4.45. The summed E-state index contributed by atoms with van der Waals surface area (Å²) in [6.45, 7) is 1.44. The first kappa shape index (κ1) is 13.7. The average molecular weight is 194 g/mol. The molecule has 6 nitrogen and oxygen atoms in total.